The lowest BCUT2D eigenvalue weighted by Crippen LogP contribution is -2.18. The van der Waals surface area contributed by atoms with Gasteiger partial charge in [0.25, 0.3) is 0 Å². The van der Waals surface area contributed by atoms with Crippen molar-refractivity contribution in [1.82, 2.24) is 4.98 Å². The first-order valence-electron chi connectivity index (χ1n) is 6.12. The van der Waals surface area contributed by atoms with E-state index in [-0.39, 0.29) is 16.7 Å². The van der Waals surface area contributed by atoms with Crippen LogP contribution in [0.1, 0.15) is 16.4 Å². The van der Waals surface area contributed by atoms with Crippen molar-refractivity contribution in [3.05, 3.63) is 44.4 Å². The first-order valence-corrected chi connectivity index (χ1v) is 7.92. The summed E-state index contributed by atoms with van der Waals surface area (Å²) in [5, 5.41) is 10.3. The highest BCUT2D eigenvalue weighted by molar-refractivity contribution is 7.99. The molecule has 2 atom stereocenters. The number of H-pyrrole nitrogens is 1. The third-order valence-electron chi connectivity index (χ3n) is 3.37. The molecule has 0 amide bonds. The van der Waals surface area contributed by atoms with Crippen molar-refractivity contribution in [3.63, 3.8) is 0 Å². The van der Waals surface area contributed by atoms with Crippen LogP contribution in [0.3, 0.4) is 0 Å². The number of methoxy groups -OCH3 is 1. The number of hydrogen-bond acceptors (Lipinski definition) is 5. The number of thiazole rings is 1. The largest absolute Gasteiger partial charge is 0.497 e. The molecule has 2 heterocycles. The summed E-state index contributed by atoms with van der Waals surface area (Å²) in [5.41, 5.74) is 1.05. The predicted molar refractivity (Wildman–Crippen MR) is 79.6 cm³/mol. The number of rotatable bonds is 2. The van der Waals surface area contributed by atoms with Crippen molar-refractivity contribution >= 4 is 23.1 Å². The second kappa shape index (κ2) is 5.35. The first-order chi connectivity index (χ1) is 9.72. The Morgan fingerprint density at radius 3 is 2.80 bits per heavy atom. The quantitative estimate of drug-likeness (QED) is 0.926. The Kier molecular flexibility index (Phi) is 3.55. The van der Waals surface area contributed by atoms with E-state index in [1.54, 1.807) is 18.9 Å². The second-order valence-electron chi connectivity index (χ2n) is 4.51. The van der Waals surface area contributed by atoms with Gasteiger partial charge in [-0.2, -0.15) is 5.26 Å². The van der Waals surface area contributed by atoms with Crippen LogP contribution in [0.4, 0.5) is 0 Å². The van der Waals surface area contributed by atoms with Crippen molar-refractivity contribution in [3.8, 4) is 11.8 Å². The van der Waals surface area contributed by atoms with Crippen molar-refractivity contribution in [2.24, 2.45) is 5.92 Å². The standard InChI is InChI=1S/C14H12N2O2S2/c1-18-10-4-2-8(3-5-10)11-9(6-15)7-19-13-12(11)20-14(17)16-13/h2-5,9,11H,7H2,1H3,(H,16,17)/t9-,11-/m1/s1. The van der Waals surface area contributed by atoms with E-state index in [1.165, 1.54) is 11.3 Å². The molecule has 1 aliphatic heterocycles. The molecule has 2 aromatic rings. The molecule has 0 fully saturated rings. The molecule has 6 heteroatoms. The fourth-order valence-electron chi connectivity index (χ4n) is 2.40. The summed E-state index contributed by atoms with van der Waals surface area (Å²) in [6, 6.07) is 10.1. The molecule has 1 aromatic carbocycles. The number of thioether (sulfide) groups is 1. The van der Waals surface area contributed by atoms with Gasteiger partial charge in [0.2, 0.25) is 0 Å². The molecule has 0 saturated carbocycles. The summed E-state index contributed by atoms with van der Waals surface area (Å²) < 4.78 is 5.16. The summed E-state index contributed by atoms with van der Waals surface area (Å²) in [6.07, 6.45) is 0. The number of nitriles is 1. The number of hydrogen-bond donors (Lipinski definition) is 1. The third-order valence-corrected chi connectivity index (χ3v) is 5.61. The maximum atomic E-state index is 11.6. The second-order valence-corrected chi connectivity index (χ2v) is 6.55. The van der Waals surface area contributed by atoms with Crippen LogP contribution in [0.2, 0.25) is 0 Å². The number of benzene rings is 1. The molecule has 0 aliphatic carbocycles. The Balaban J connectivity index is 2.08. The summed E-state index contributed by atoms with van der Waals surface area (Å²) in [7, 11) is 1.63. The fraction of sp³-hybridized carbons (Fsp3) is 0.286. The minimum absolute atomic E-state index is 0.0360. The Bertz CT molecular complexity index is 712. The topological polar surface area (TPSA) is 65.9 Å². The van der Waals surface area contributed by atoms with Gasteiger partial charge in [-0.15, -0.1) is 11.8 Å². The predicted octanol–water partition coefficient (Wildman–Crippen LogP) is 2.82. The van der Waals surface area contributed by atoms with Gasteiger partial charge in [-0.3, -0.25) is 4.79 Å². The molecule has 0 radical (unpaired) electrons. The van der Waals surface area contributed by atoms with Gasteiger partial charge in [-0.05, 0) is 17.7 Å². The minimum atomic E-state index is -0.118. The molecule has 102 valence electrons. The van der Waals surface area contributed by atoms with Gasteiger partial charge in [0.15, 0.2) is 0 Å². The van der Waals surface area contributed by atoms with Gasteiger partial charge < -0.3 is 9.72 Å². The highest BCUT2D eigenvalue weighted by atomic mass is 32.2. The number of aromatic nitrogens is 1. The van der Waals surface area contributed by atoms with E-state index < -0.39 is 0 Å². The molecule has 1 aliphatic rings. The lowest BCUT2D eigenvalue weighted by atomic mass is 9.86. The van der Waals surface area contributed by atoms with E-state index in [0.717, 1.165) is 21.2 Å². The van der Waals surface area contributed by atoms with E-state index in [0.29, 0.717) is 5.75 Å². The molecular weight excluding hydrogens is 292 g/mol. The zero-order valence-corrected chi connectivity index (χ0v) is 12.4. The van der Waals surface area contributed by atoms with Gasteiger partial charge in [-0.1, -0.05) is 23.5 Å². The van der Waals surface area contributed by atoms with Crippen molar-refractivity contribution < 1.29 is 4.74 Å². The highest BCUT2D eigenvalue weighted by Gasteiger charge is 2.33. The van der Waals surface area contributed by atoms with Crippen LogP contribution in [0.15, 0.2) is 34.1 Å². The maximum Gasteiger partial charge on any atom is 0.305 e. The summed E-state index contributed by atoms with van der Waals surface area (Å²) in [5.74, 6) is 1.33. The van der Waals surface area contributed by atoms with Crippen LogP contribution in [-0.2, 0) is 0 Å². The molecule has 1 aromatic heterocycles. The maximum absolute atomic E-state index is 11.6. The zero-order valence-electron chi connectivity index (χ0n) is 10.8. The Morgan fingerprint density at radius 1 is 1.40 bits per heavy atom. The van der Waals surface area contributed by atoms with Crippen LogP contribution in [0.25, 0.3) is 0 Å². The molecule has 0 saturated heterocycles. The van der Waals surface area contributed by atoms with Crippen LogP contribution in [0.5, 0.6) is 5.75 Å². The number of ether oxygens (including phenoxy) is 1. The molecule has 0 spiro atoms. The van der Waals surface area contributed by atoms with Crippen molar-refractivity contribution in [2.45, 2.75) is 10.9 Å². The van der Waals surface area contributed by atoms with Gasteiger partial charge in [0, 0.05) is 16.5 Å². The van der Waals surface area contributed by atoms with Gasteiger partial charge in [-0.25, -0.2) is 0 Å². The molecule has 20 heavy (non-hydrogen) atoms. The molecule has 0 bridgehead atoms. The fourth-order valence-corrected chi connectivity index (χ4v) is 4.73. The van der Waals surface area contributed by atoms with E-state index in [1.807, 2.05) is 24.3 Å². The van der Waals surface area contributed by atoms with E-state index in [2.05, 4.69) is 11.1 Å². The Labute approximate surface area is 124 Å². The molecule has 4 nitrogen and oxygen atoms in total. The number of nitrogens with one attached hydrogen (secondary N) is 1. The average molecular weight is 304 g/mol. The summed E-state index contributed by atoms with van der Waals surface area (Å²) >= 11 is 2.76. The smallest absolute Gasteiger partial charge is 0.305 e. The lowest BCUT2D eigenvalue weighted by molar-refractivity contribution is 0.414. The summed E-state index contributed by atoms with van der Waals surface area (Å²) in [4.78, 5) is 15.4. The number of nitrogens with zero attached hydrogens (tertiary/aromatic N) is 1. The van der Waals surface area contributed by atoms with Crippen LogP contribution < -0.4 is 9.61 Å². The third kappa shape index (κ3) is 2.23. The van der Waals surface area contributed by atoms with Crippen molar-refractivity contribution in [2.75, 3.05) is 12.9 Å². The molecule has 0 unspecified atom stereocenters. The van der Waals surface area contributed by atoms with Gasteiger partial charge in [0.05, 0.1) is 24.1 Å². The van der Waals surface area contributed by atoms with E-state index in [4.69, 9.17) is 4.74 Å². The van der Waals surface area contributed by atoms with E-state index >= 15 is 0 Å². The highest BCUT2D eigenvalue weighted by Crippen LogP contribution is 2.44. The minimum Gasteiger partial charge on any atom is -0.497 e. The van der Waals surface area contributed by atoms with Crippen LogP contribution >= 0.6 is 23.1 Å². The van der Waals surface area contributed by atoms with Crippen molar-refractivity contribution in [1.29, 1.82) is 5.26 Å². The molecular formula is C14H12N2O2S2. The normalized spacial score (nSPS) is 21.0. The zero-order chi connectivity index (χ0) is 14.1. The Morgan fingerprint density at radius 2 is 2.15 bits per heavy atom. The monoisotopic (exact) mass is 304 g/mol. The SMILES string of the molecule is COc1ccc([C@H]2c3sc(=O)[nH]c3SC[C@H]2C#N)cc1. The lowest BCUT2D eigenvalue weighted by Gasteiger charge is -2.26. The average Bonchev–Trinajstić information content (AvgIpc) is 2.86. The van der Waals surface area contributed by atoms with E-state index in [9.17, 15) is 10.1 Å². The summed E-state index contributed by atoms with van der Waals surface area (Å²) in [6.45, 7) is 0. The number of aromatic amines is 1. The van der Waals surface area contributed by atoms with Crippen LogP contribution in [0, 0.1) is 17.2 Å². The molecule has 3 rings (SSSR count). The first kappa shape index (κ1) is 13.3. The number of fused-ring (bicyclic) bond motifs is 1. The Hall–Kier alpha value is -1.71. The van der Waals surface area contributed by atoms with Gasteiger partial charge in [0.1, 0.15) is 5.75 Å². The molecule has 1 N–H and O–H groups in total. The van der Waals surface area contributed by atoms with Crippen LogP contribution in [-0.4, -0.2) is 17.8 Å². The van der Waals surface area contributed by atoms with Gasteiger partial charge >= 0.3 is 4.87 Å².